The molecule has 0 saturated carbocycles. The molecule has 144 valence electrons. The molecule has 0 aliphatic carbocycles. The Bertz CT molecular complexity index is 1130. The Morgan fingerprint density at radius 1 is 1.07 bits per heavy atom. The van der Waals surface area contributed by atoms with Crippen molar-refractivity contribution in [3.8, 4) is 0 Å². The van der Waals surface area contributed by atoms with Gasteiger partial charge in [-0.15, -0.1) is 6.58 Å². The number of benzene rings is 2. The molecule has 2 aliphatic heterocycles. The fourth-order valence-electron chi connectivity index (χ4n) is 6.00. The lowest BCUT2D eigenvalue weighted by atomic mass is 9.54. The zero-order chi connectivity index (χ0) is 19.7. The number of allylic oxidation sites excluding steroid dienone is 1. The Hall–Kier alpha value is -2.68. The lowest BCUT2D eigenvalue weighted by Gasteiger charge is -2.58. The SMILES string of the molecule is C=CC1(CC)c2ccc3c(oc4ccccc43)c2N2C=CN(C)C2C1(C)CC. The molecule has 3 atom stereocenters. The van der Waals surface area contributed by atoms with E-state index in [0.717, 1.165) is 24.0 Å². The van der Waals surface area contributed by atoms with E-state index in [2.05, 4.69) is 93.0 Å². The van der Waals surface area contributed by atoms with E-state index >= 15 is 0 Å². The minimum Gasteiger partial charge on any atom is -0.454 e. The third kappa shape index (κ3) is 1.80. The van der Waals surface area contributed by atoms with E-state index in [1.165, 1.54) is 22.0 Å². The highest BCUT2D eigenvalue weighted by molar-refractivity contribution is 6.10. The molecule has 2 aromatic carbocycles. The molecule has 3 heterocycles. The van der Waals surface area contributed by atoms with E-state index in [0.29, 0.717) is 0 Å². The second-order valence-corrected chi connectivity index (χ2v) is 8.48. The van der Waals surface area contributed by atoms with Crippen molar-refractivity contribution >= 4 is 27.6 Å². The van der Waals surface area contributed by atoms with Gasteiger partial charge in [0.05, 0.1) is 5.69 Å². The molecule has 3 unspecified atom stereocenters. The average Bonchev–Trinajstić information content (AvgIpc) is 3.29. The maximum atomic E-state index is 6.45. The fourth-order valence-corrected chi connectivity index (χ4v) is 6.00. The van der Waals surface area contributed by atoms with Crippen LogP contribution in [-0.4, -0.2) is 18.1 Å². The normalized spacial score (nSPS) is 28.8. The van der Waals surface area contributed by atoms with Gasteiger partial charge in [0.1, 0.15) is 11.7 Å². The molecule has 28 heavy (non-hydrogen) atoms. The molecule has 2 aliphatic rings. The molecule has 5 rings (SSSR count). The van der Waals surface area contributed by atoms with Crippen molar-refractivity contribution < 1.29 is 4.42 Å². The monoisotopic (exact) mass is 372 g/mol. The van der Waals surface area contributed by atoms with Crippen molar-refractivity contribution in [3.63, 3.8) is 0 Å². The molecule has 0 radical (unpaired) electrons. The molecule has 0 N–H and O–H groups in total. The van der Waals surface area contributed by atoms with Crippen LogP contribution in [0.5, 0.6) is 0 Å². The molecule has 0 bridgehead atoms. The maximum Gasteiger partial charge on any atom is 0.159 e. The van der Waals surface area contributed by atoms with Gasteiger partial charge in [-0.05, 0) is 24.5 Å². The van der Waals surface area contributed by atoms with Crippen molar-refractivity contribution in [2.24, 2.45) is 5.41 Å². The van der Waals surface area contributed by atoms with Gasteiger partial charge in [-0.3, -0.25) is 0 Å². The van der Waals surface area contributed by atoms with E-state index < -0.39 is 0 Å². The standard InChI is InChI=1S/C25H28N2O/c1-6-24(4)23-26(5)15-16-27(23)21-19(25(24,7-2)8-3)14-13-18-17-11-9-10-12-20(17)28-22(18)21/h7,9-16,23H,2,6,8H2,1,3-5H3. The van der Waals surface area contributed by atoms with Crippen LogP contribution in [-0.2, 0) is 5.41 Å². The van der Waals surface area contributed by atoms with Gasteiger partial charge in [-0.25, -0.2) is 0 Å². The van der Waals surface area contributed by atoms with Crippen LogP contribution in [0, 0.1) is 5.41 Å². The van der Waals surface area contributed by atoms with Crippen LogP contribution in [0.2, 0.25) is 0 Å². The summed E-state index contributed by atoms with van der Waals surface area (Å²) in [7, 11) is 2.18. The number of hydrogen-bond donors (Lipinski definition) is 0. The van der Waals surface area contributed by atoms with Crippen LogP contribution in [0.25, 0.3) is 21.9 Å². The van der Waals surface area contributed by atoms with Gasteiger partial charge in [0.2, 0.25) is 0 Å². The summed E-state index contributed by atoms with van der Waals surface area (Å²) in [4.78, 5) is 4.78. The summed E-state index contributed by atoms with van der Waals surface area (Å²) in [5.74, 6) is 0. The highest BCUT2D eigenvalue weighted by Gasteiger charge is 2.58. The molecule has 0 spiro atoms. The second kappa shape index (κ2) is 5.66. The smallest absolute Gasteiger partial charge is 0.159 e. The molecule has 0 saturated heterocycles. The van der Waals surface area contributed by atoms with Gasteiger partial charge in [0.25, 0.3) is 0 Å². The first kappa shape index (κ1) is 17.4. The van der Waals surface area contributed by atoms with Crippen molar-refractivity contribution in [1.82, 2.24) is 4.90 Å². The van der Waals surface area contributed by atoms with Crippen LogP contribution >= 0.6 is 0 Å². The Morgan fingerprint density at radius 3 is 2.57 bits per heavy atom. The Morgan fingerprint density at radius 2 is 1.86 bits per heavy atom. The lowest BCUT2D eigenvalue weighted by Crippen LogP contribution is -2.61. The van der Waals surface area contributed by atoms with Crippen LogP contribution in [0.4, 0.5) is 5.69 Å². The molecular formula is C25H28N2O. The predicted molar refractivity (Wildman–Crippen MR) is 117 cm³/mol. The molecular weight excluding hydrogens is 344 g/mol. The number of rotatable bonds is 3. The summed E-state index contributed by atoms with van der Waals surface area (Å²) in [6, 6.07) is 12.9. The summed E-state index contributed by atoms with van der Waals surface area (Å²) < 4.78 is 6.45. The third-order valence-electron chi connectivity index (χ3n) is 7.60. The van der Waals surface area contributed by atoms with E-state index in [1.54, 1.807) is 0 Å². The Kier molecular flexibility index (Phi) is 3.52. The summed E-state index contributed by atoms with van der Waals surface area (Å²) in [5, 5.41) is 2.36. The maximum absolute atomic E-state index is 6.45. The van der Waals surface area contributed by atoms with Crippen molar-refractivity contribution in [2.75, 3.05) is 11.9 Å². The first-order chi connectivity index (χ1) is 13.5. The van der Waals surface area contributed by atoms with Crippen LogP contribution in [0.3, 0.4) is 0 Å². The number of anilines is 1. The van der Waals surface area contributed by atoms with Crippen molar-refractivity contribution in [1.29, 1.82) is 0 Å². The fraction of sp³-hybridized carbons (Fsp3) is 0.360. The molecule has 0 fully saturated rings. The minimum absolute atomic E-state index is 0.0223. The second-order valence-electron chi connectivity index (χ2n) is 8.48. The average molecular weight is 373 g/mol. The summed E-state index contributed by atoms with van der Waals surface area (Å²) in [6.07, 6.45) is 8.93. The van der Waals surface area contributed by atoms with Crippen LogP contribution in [0.1, 0.15) is 39.2 Å². The van der Waals surface area contributed by atoms with Gasteiger partial charge in [0.15, 0.2) is 5.58 Å². The molecule has 0 amide bonds. The zero-order valence-electron chi connectivity index (χ0n) is 17.2. The Balaban J connectivity index is 1.94. The highest BCUT2D eigenvalue weighted by Crippen LogP contribution is 2.61. The number of nitrogens with zero attached hydrogens (tertiary/aromatic N) is 2. The van der Waals surface area contributed by atoms with Crippen LogP contribution in [0.15, 0.2) is 65.9 Å². The summed E-state index contributed by atoms with van der Waals surface area (Å²) >= 11 is 0. The van der Waals surface area contributed by atoms with Gasteiger partial charge < -0.3 is 14.2 Å². The highest BCUT2D eigenvalue weighted by atomic mass is 16.3. The van der Waals surface area contributed by atoms with E-state index in [-0.39, 0.29) is 17.0 Å². The van der Waals surface area contributed by atoms with Crippen molar-refractivity contribution in [3.05, 3.63) is 67.0 Å². The number of para-hydroxylation sites is 1. The summed E-state index contributed by atoms with van der Waals surface area (Å²) in [5.41, 5.74) is 4.37. The molecule has 3 heteroatoms. The van der Waals surface area contributed by atoms with Crippen LogP contribution < -0.4 is 4.90 Å². The first-order valence-electron chi connectivity index (χ1n) is 10.3. The number of fused-ring (bicyclic) bond motifs is 7. The summed E-state index contributed by atoms with van der Waals surface area (Å²) in [6.45, 7) is 11.4. The predicted octanol–water partition coefficient (Wildman–Crippen LogP) is 6.40. The quantitative estimate of drug-likeness (QED) is 0.496. The lowest BCUT2D eigenvalue weighted by molar-refractivity contribution is 0.0568. The third-order valence-corrected chi connectivity index (χ3v) is 7.60. The number of furan rings is 1. The first-order valence-corrected chi connectivity index (χ1v) is 10.3. The number of hydrogen-bond acceptors (Lipinski definition) is 3. The van der Waals surface area contributed by atoms with E-state index in [9.17, 15) is 0 Å². The molecule has 3 aromatic rings. The molecule has 3 nitrogen and oxygen atoms in total. The van der Waals surface area contributed by atoms with E-state index in [4.69, 9.17) is 4.42 Å². The van der Waals surface area contributed by atoms with Gasteiger partial charge >= 0.3 is 0 Å². The Labute approximate surface area is 166 Å². The zero-order valence-corrected chi connectivity index (χ0v) is 17.2. The van der Waals surface area contributed by atoms with E-state index in [1.807, 2.05) is 6.07 Å². The largest absolute Gasteiger partial charge is 0.454 e. The minimum atomic E-state index is -0.119. The molecule has 1 aromatic heterocycles. The van der Waals surface area contributed by atoms with Gasteiger partial charge in [0, 0.05) is 41.1 Å². The van der Waals surface area contributed by atoms with Gasteiger partial charge in [-0.2, -0.15) is 0 Å². The van der Waals surface area contributed by atoms with Crippen molar-refractivity contribution in [2.45, 2.75) is 45.2 Å². The topological polar surface area (TPSA) is 19.6 Å². The van der Waals surface area contributed by atoms with Gasteiger partial charge in [-0.1, -0.05) is 57.2 Å².